The Balaban J connectivity index is 1.45. The molecule has 5 rings (SSSR count). The predicted molar refractivity (Wildman–Crippen MR) is 173 cm³/mol. The number of carbonyl (C=O) groups excluding carboxylic acids is 2. The van der Waals surface area contributed by atoms with Crippen molar-refractivity contribution in [2.24, 2.45) is 0 Å². The molecule has 1 aliphatic rings. The first-order valence-electron chi connectivity index (χ1n) is 14.6. The van der Waals surface area contributed by atoms with Gasteiger partial charge in [-0.2, -0.15) is 0 Å². The van der Waals surface area contributed by atoms with Crippen molar-refractivity contribution in [2.75, 3.05) is 14.2 Å². The van der Waals surface area contributed by atoms with Gasteiger partial charge >= 0.3 is 6.09 Å². The normalized spacial score (nSPS) is 17.0. The van der Waals surface area contributed by atoms with Crippen molar-refractivity contribution < 1.29 is 19.1 Å². The van der Waals surface area contributed by atoms with Gasteiger partial charge in [-0.25, -0.2) is 4.79 Å². The number of fused-ring (bicyclic) bond motifs is 1. The van der Waals surface area contributed by atoms with E-state index in [1.165, 1.54) is 11.3 Å². The summed E-state index contributed by atoms with van der Waals surface area (Å²) in [5, 5.41) is 1.38. The quantitative estimate of drug-likeness (QED) is 0.208. The minimum atomic E-state index is -0.556. The first-order chi connectivity index (χ1) is 20.6. The van der Waals surface area contributed by atoms with E-state index in [1.807, 2.05) is 74.2 Å². The highest BCUT2D eigenvalue weighted by atomic mass is 35.5. The Hall–Kier alpha value is -3.62. The molecule has 0 aliphatic heterocycles. The number of hydrogen-bond donors (Lipinski definition) is 0. The van der Waals surface area contributed by atoms with Crippen LogP contribution in [0.3, 0.4) is 0 Å². The van der Waals surface area contributed by atoms with Gasteiger partial charge in [0.2, 0.25) is 0 Å². The highest BCUT2D eigenvalue weighted by Gasteiger charge is 2.35. The van der Waals surface area contributed by atoms with Gasteiger partial charge < -0.3 is 19.3 Å². The highest BCUT2D eigenvalue weighted by Crippen LogP contribution is 2.38. The number of hydrogen-bond acceptors (Lipinski definition) is 6. The molecule has 4 aromatic rings. The van der Waals surface area contributed by atoms with E-state index in [1.54, 1.807) is 31.5 Å². The molecule has 226 valence electrons. The molecule has 2 amide bonds. The topological polar surface area (TPSA) is 72.0 Å². The van der Waals surface area contributed by atoms with Crippen LogP contribution in [-0.4, -0.2) is 58.6 Å². The minimum absolute atomic E-state index is 0.0358. The van der Waals surface area contributed by atoms with E-state index in [0.29, 0.717) is 16.4 Å². The van der Waals surface area contributed by atoms with Crippen molar-refractivity contribution in [3.8, 4) is 16.9 Å². The monoisotopic (exact) mass is 619 g/mol. The molecule has 0 saturated heterocycles. The lowest BCUT2D eigenvalue weighted by molar-refractivity contribution is 0.0144. The third-order valence-electron chi connectivity index (χ3n) is 7.96. The third kappa shape index (κ3) is 6.97. The maximum absolute atomic E-state index is 14.4. The number of nitrogens with zero attached hydrogens (tertiary/aromatic N) is 3. The molecule has 0 N–H and O–H groups in total. The summed E-state index contributed by atoms with van der Waals surface area (Å²) in [6.45, 7) is 5.98. The van der Waals surface area contributed by atoms with Gasteiger partial charge in [-0.1, -0.05) is 35.9 Å². The van der Waals surface area contributed by atoms with E-state index < -0.39 is 5.60 Å². The second-order valence-electron chi connectivity index (χ2n) is 12.0. The summed E-state index contributed by atoms with van der Waals surface area (Å²) in [5.74, 6) is 0.628. The van der Waals surface area contributed by atoms with Crippen molar-refractivity contribution in [1.82, 2.24) is 14.8 Å². The molecule has 0 spiro atoms. The maximum atomic E-state index is 14.4. The van der Waals surface area contributed by atoms with Crippen LogP contribution in [0.2, 0.25) is 5.02 Å². The zero-order valence-corrected chi connectivity index (χ0v) is 26.9. The molecule has 0 bridgehead atoms. The fraction of sp³-hybridized carbons (Fsp3) is 0.382. The van der Waals surface area contributed by atoms with Crippen molar-refractivity contribution in [1.29, 1.82) is 0 Å². The zero-order valence-electron chi connectivity index (χ0n) is 25.3. The van der Waals surface area contributed by atoms with Crippen LogP contribution in [0.25, 0.3) is 21.2 Å². The van der Waals surface area contributed by atoms with Crippen LogP contribution in [0.1, 0.15) is 61.7 Å². The highest BCUT2D eigenvalue weighted by molar-refractivity contribution is 7.21. The minimum Gasteiger partial charge on any atom is -0.496 e. The number of pyridine rings is 1. The van der Waals surface area contributed by atoms with Crippen molar-refractivity contribution in [3.63, 3.8) is 0 Å². The van der Waals surface area contributed by atoms with E-state index in [4.69, 9.17) is 21.1 Å². The lowest BCUT2D eigenvalue weighted by Crippen LogP contribution is -2.47. The number of rotatable bonds is 7. The zero-order chi connectivity index (χ0) is 30.7. The number of ether oxygens (including phenoxy) is 2. The van der Waals surface area contributed by atoms with E-state index >= 15 is 0 Å². The van der Waals surface area contributed by atoms with Gasteiger partial charge in [0.15, 0.2) is 0 Å². The fourth-order valence-corrected chi connectivity index (χ4v) is 7.17. The largest absolute Gasteiger partial charge is 0.496 e. The number of halogens is 1. The molecule has 7 nitrogen and oxygen atoms in total. The standard InChI is InChI=1S/C34H38ClN3O4S/c1-34(2,3)42-33(40)37(4)25-11-13-26(14-12-25)38(32(39)31-30(35)27-8-6-7-9-29(27)43-31)21-24-20-23(10-15-28(24)41-5)22-16-18-36-19-17-22/h6-10,15-20,25-26H,11-14,21H2,1-5H3. The molecule has 2 aromatic carbocycles. The molecule has 1 aliphatic carbocycles. The van der Waals surface area contributed by atoms with Crippen LogP contribution in [0.5, 0.6) is 5.75 Å². The van der Waals surface area contributed by atoms with Crippen molar-refractivity contribution >= 4 is 45.0 Å². The molecule has 9 heteroatoms. The average Bonchev–Trinajstić information content (AvgIpc) is 3.35. The van der Waals surface area contributed by atoms with E-state index in [2.05, 4.69) is 11.1 Å². The van der Waals surface area contributed by atoms with Crippen molar-refractivity contribution in [3.05, 3.63) is 82.5 Å². The second kappa shape index (κ2) is 12.9. The maximum Gasteiger partial charge on any atom is 0.410 e. The molecular weight excluding hydrogens is 582 g/mol. The SMILES string of the molecule is COc1ccc(-c2ccncc2)cc1CN(C(=O)c1sc2ccccc2c1Cl)C1CCC(N(C)C(=O)OC(C)(C)C)CC1. The Bertz CT molecular complexity index is 1590. The lowest BCUT2D eigenvalue weighted by Gasteiger charge is -2.40. The second-order valence-corrected chi connectivity index (χ2v) is 13.4. The Kier molecular flexibility index (Phi) is 9.28. The number of aromatic nitrogens is 1. The Morgan fingerprint density at radius 2 is 1.65 bits per heavy atom. The van der Waals surface area contributed by atoms with Crippen LogP contribution < -0.4 is 4.74 Å². The first kappa shape index (κ1) is 30.8. The van der Waals surface area contributed by atoms with Crippen molar-refractivity contribution in [2.45, 2.75) is 70.7 Å². The van der Waals surface area contributed by atoms with Gasteiger partial charge in [-0.15, -0.1) is 11.3 Å². The Morgan fingerprint density at radius 1 is 0.977 bits per heavy atom. The number of methoxy groups -OCH3 is 1. The van der Waals surface area contributed by atoms with Gasteiger partial charge in [0.1, 0.15) is 16.2 Å². The summed E-state index contributed by atoms with van der Waals surface area (Å²) < 4.78 is 12.4. The Morgan fingerprint density at radius 3 is 2.30 bits per heavy atom. The third-order valence-corrected chi connectivity index (χ3v) is 9.62. The van der Waals surface area contributed by atoms with Crippen LogP contribution in [0, 0.1) is 0 Å². The summed E-state index contributed by atoms with van der Waals surface area (Å²) in [6, 6.07) is 17.8. The predicted octanol–water partition coefficient (Wildman–Crippen LogP) is 8.45. The van der Waals surface area contributed by atoms with E-state index in [9.17, 15) is 9.59 Å². The van der Waals surface area contributed by atoms with Gasteiger partial charge in [0.25, 0.3) is 5.91 Å². The van der Waals surface area contributed by atoms with Crippen LogP contribution in [-0.2, 0) is 11.3 Å². The van der Waals surface area contributed by atoms with Gasteiger partial charge in [0.05, 0.1) is 12.1 Å². The molecule has 2 heterocycles. The summed E-state index contributed by atoms with van der Waals surface area (Å²) >= 11 is 8.26. The summed E-state index contributed by atoms with van der Waals surface area (Å²) in [7, 11) is 3.45. The van der Waals surface area contributed by atoms with Crippen LogP contribution >= 0.6 is 22.9 Å². The smallest absolute Gasteiger partial charge is 0.410 e. The van der Waals surface area contributed by atoms with E-state index in [0.717, 1.165) is 58.2 Å². The number of thiophene rings is 1. The molecule has 0 atom stereocenters. The van der Waals surface area contributed by atoms with Gasteiger partial charge in [-0.3, -0.25) is 9.78 Å². The molecule has 0 radical (unpaired) electrons. The number of benzene rings is 2. The first-order valence-corrected chi connectivity index (χ1v) is 15.8. The average molecular weight is 620 g/mol. The Labute approximate surface area is 262 Å². The fourth-order valence-electron chi connectivity index (χ4n) is 5.70. The number of amides is 2. The molecule has 1 fully saturated rings. The van der Waals surface area contributed by atoms with Crippen LogP contribution in [0.4, 0.5) is 4.79 Å². The molecular formula is C34H38ClN3O4S. The molecule has 1 saturated carbocycles. The molecule has 43 heavy (non-hydrogen) atoms. The number of carbonyl (C=O) groups is 2. The molecule has 0 unspecified atom stereocenters. The van der Waals surface area contributed by atoms with Gasteiger partial charge in [0, 0.05) is 53.7 Å². The summed E-state index contributed by atoms with van der Waals surface area (Å²) in [6.07, 6.45) is 6.24. The lowest BCUT2D eigenvalue weighted by atomic mass is 9.89. The summed E-state index contributed by atoms with van der Waals surface area (Å²) in [5.41, 5.74) is 2.41. The van der Waals surface area contributed by atoms with Gasteiger partial charge in [-0.05, 0) is 87.9 Å². The summed E-state index contributed by atoms with van der Waals surface area (Å²) in [4.78, 5) is 35.5. The van der Waals surface area contributed by atoms with Crippen LogP contribution in [0.15, 0.2) is 67.0 Å². The van der Waals surface area contributed by atoms with E-state index in [-0.39, 0.29) is 24.1 Å². The molecule has 2 aromatic heterocycles.